The Hall–Kier alpha value is -3.38. The molecular formula is C35H45N2O10P. The monoisotopic (exact) mass is 684 g/mol. The third kappa shape index (κ3) is 6.26. The molecule has 0 aromatic heterocycles. The number of aromatic hydroxyl groups is 1. The number of aliphatic hydroxyl groups excluding tert-OH is 2. The van der Waals surface area contributed by atoms with Gasteiger partial charge in [0.25, 0.3) is 0 Å². The number of amides is 1. The van der Waals surface area contributed by atoms with E-state index in [1.54, 1.807) is 24.6 Å². The molecule has 2 saturated carbocycles. The van der Waals surface area contributed by atoms with Gasteiger partial charge in [-0.05, 0) is 79.8 Å². The van der Waals surface area contributed by atoms with E-state index in [-0.39, 0.29) is 55.9 Å². The zero-order valence-electron chi connectivity index (χ0n) is 27.6. The van der Waals surface area contributed by atoms with Crippen LogP contribution in [-0.2, 0) is 41.0 Å². The van der Waals surface area contributed by atoms with Crippen LogP contribution in [0.5, 0.6) is 5.75 Å². The molecular weight excluding hydrogens is 639 g/mol. The Balaban J connectivity index is 1.54. The molecule has 0 heterocycles. The van der Waals surface area contributed by atoms with Crippen molar-refractivity contribution in [3.8, 4) is 16.9 Å². The van der Waals surface area contributed by atoms with Crippen molar-refractivity contribution in [2.24, 2.45) is 23.5 Å². The number of Topliss-reactive ketones (excluding diaryl/α,β-unsaturated/α-hetero) is 2. The zero-order valence-corrected chi connectivity index (χ0v) is 28.4. The minimum Gasteiger partial charge on any atom is -0.507 e. The van der Waals surface area contributed by atoms with Crippen LogP contribution < -0.4 is 5.73 Å². The highest BCUT2D eigenvalue weighted by Gasteiger charge is 2.64. The lowest BCUT2D eigenvalue weighted by molar-refractivity contribution is -0.174. The van der Waals surface area contributed by atoms with E-state index in [9.17, 15) is 39.4 Å². The second-order valence-electron chi connectivity index (χ2n) is 12.8. The number of phenols is 1. The maximum atomic E-state index is 13.9. The quantitative estimate of drug-likeness (QED) is 0.114. The summed E-state index contributed by atoms with van der Waals surface area (Å²) in [7, 11) is -3.57. The van der Waals surface area contributed by atoms with Gasteiger partial charge in [0.05, 0.1) is 24.9 Å². The van der Waals surface area contributed by atoms with Crippen LogP contribution in [0.25, 0.3) is 16.9 Å². The number of hydrogen-bond acceptors (Lipinski definition) is 10. The lowest BCUT2D eigenvalue weighted by atomic mass is 9.56. The fourth-order valence-electron chi connectivity index (χ4n) is 7.60. The number of fused-ring (bicyclic) bond motifs is 3. The van der Waals surface area contributed by atoms with Gasteiger partial charge in [-0.1, -0.05) is 44.0 Å². The van der Waals surface area contributed by atoms with Crippen molar-refractivity contribution in [3.05, 3.63) is 58.7 Å². The molecule has 13 heteroatoms. The van der Waals surface area contributed by atoms with Gasteiger partial charge in [0.15, 0.2) is 11.4 Å². The highest BCUT2D eigenvalue weighted by molar-refractivity contribution is 7.51. The number of nitrogens with zero attached hydrogens (tertiary/aromatic N) is 1. The summed E-state index contributed by atoms with van der Waals surface area (Å²) in [6.45, 7) is 6.87. The van der Waals surface area contributed by atoms with Crippen LogP contribution in [0.4, 0.5) is 0 Å². The van der Waals surface area contributed by atoms with Crippen molar-refractivity contribution in [1.29, 1.82) is 0 Å². The summed E-state index contributed by atoms with van der Waals surface area (Å²) >= 11 is 0. The molecule has 0 spiro atoms. The summed E-state index contributed by atoms with van der Waals surface area (Å²) in [6.07, 6.45) is 1.36. The standard InChI is InChI=1S/C35H45N2O10P/c1-4-7-8-14-37(48(45,46-5-2)47-6-3)19-20-10-9-11-21(15-20)24-12-13-26(38)29-25(24)17-22-16-23-18-27(39)30(34(36)43)33(42)35(23,44)32(41)28(22)31(29)40/h9-13,15,22-23,27,30,38-40,44H,4-8,14,16-19H2,1-3H3,(H2,36,43)/t22-,23+,27?,30?,35+/m1/s1. The first-order chi connectivity index (χ1) is 22.8. The number of primary amides is 1. The van der Waals surface area contributed by atoms with E-state index >= 15 is 0 Å². The largest absolute Gasteiger partial charge is 0.507 e. The number of carbonyl (C=O) groups is 3. The molecule has 6 N–H and O–H groups in total. The second kappa shape index (κ2) is 14.2. The average molecular weight is 685 g/mol. The molecule has 3 aliphatic carbocycles. The highest BCUT2D eigenvalue weighted by Crippen LogP contribution is 2.54. The summed E-state index contributed by atoms with van der Waals surface area (Å²) in [5.74, 6) is -7.58. The minimum atomic E-state index is -3.57. The number of nitrogens with two attached hydrogens (primary N) is 1. The number of phenolic OH excluding ortho intramolecular Hbond substituents is 1. The second-order valence-corrected chi connectivity index (χ2v) is 14.8. The van der Waals surface area contributed by atoms with Gasteiger partial charge >= 0.3 is 7.75 Å². The lowest BCUT2D eigenvalue weighted by Gasteiger charge is -2.48. The molecule has 2 unspecified atom stereocenters. The Morgan fingerprint density at radius 3 is 2.42 bits per heavy atom. The minimum absolute atomic E-state index is 0.0210. The van der Waals surface area contributed by atoms with E-state index in [4.69, 9.17) is 14.8 Å². The Morgan fingerprint density at radius 2 is 1.77 bits per heavy atom. The molecule has 1 amide bonds. The molecule has 0 bridgehead atoms. The van der Waals surface area contributed by atoms with Gasteiger partial charge < -0.3 is 26.2 Å². The van der Waals surface area contributed by atoms with Crippen LogP contribution in [0.15, 0.2) is 42.0 Å². The Morgan fingerprint density at radius 1 is 1.06 bits per heavy atom. The number of hydrogen-bond donors (Lipinski definition) is 5. The topological polar surface area (TPSA) is 197 Å². The molecule has 0 saturated heterocycles. The Kier molecular flexibility index (Phi) is 10.6. The molecule has 0 aliphatic heterocycles. The van der Waals surface area contributed by atoms with E-state index in [1.807, 2.05) is 24.3 Å². The van der Waals surface area contributed by atoms with Gasteiger partial charge in [0.1, 0.15) is 17.4 Å². The van der Waals surface area contributed by atoms with E-state index in [2.05, 4.69) is 6.92 Å². The summed E-state index contributed by atoms with van der Waals surface area (Å²) in [5, 5.41) is 44.5. The molecule has 2 fully saturated rings. The number of unbranched alkanes of at least 4 members (excludes halogenated alkanes) is 2. The Bertz CT molecular complexity index is 1660. The molecule has 12 nitrogen and oxygen atoms in total. The van der Waals surface area contributed by atoms with E-state index in [1.165, 1.54) is 6.07 Å². The van der Waals surface area contributed by atoms with Crippen molar-refractivity contribution in [2.75, 3.05) is 19.8 Å². The van der Waals surface area contributed by atoms with Gasteiger partial charge in [0.2, 0.25) is 11.7 Å². The molecule has 2 aromatic carbocycles. The van der Waals surface area contributed by atoms with Crippen molar-refractivity contribution < 1.29 is 48.4 Å². The predicted molar refractivity (Wildman–Crippen MR) is 177 cm³/mol. The van der Waals surface area contributed by atoms with Crippen LogP contribution in [0, 0.1) is 17.8 Å². The number of aliphatic hydroxyl groups is 3. The third-order valence-corrected chi connectivity index (χ3v) is 12.0. The molecule has 0 radical (unpaired) electrons. The number of rotatable bonds is 13. The SMILES string of the molecule is CCCCCN(Cc1cccc(-c2ccc(O)c3c2C[C@H]2C[C@H]4CC(O)C(C(N)=O)C(=O)[C@@]4(O)C(=O)C2=C3O)c1)P(=O)(OCC)OCC. The smallest absolute Gasteiger partial charge is 0.408 e. The van der Waals surface area contributed by atoms with Crippen LogP contribution in [-0.4, -0.2) is 74.0 Å². The first-order valence-corrected chi connectivity index (χ1v) is 18.1. The van der Waals surface area contributed by atoms with Crippen LogP contribution in [0.2, 0.25) is 0 Å². The van der Waals surface area contributed by atoms with Crippen LogP contribution in [0.1, 0.15) is 69.6 Å². The van der Waals surface area contributed by atoms with Crippen molar-refractivity contribution in [2.45, 2.75) is 77.5 Å². The van der Waals surface area contributed by atoms with Crippen molar-refractivity contribution in [1.82, 2.24) is 4.67 Å². The van der Waals surface area contributed by atoms with Crippen LogP contribution >= 0.6 is 7.75 Å². The number of ketones is 2. The maximum absolute atomic E-state index is 13.9. The molecule has 260 valence electrons. The molecule has 2 aromatic rings. The number of carbonyl (C=O) groups excluding carboxylic acids is 3. The molecule has 5 atom stereocenters. The van der Waals surface area contributed by atoms with Gasteiger partial charge in [-0.15, -0.1) is 0 Å². The molecule has 5 rings (SSSR count). The molecule has 48 heavy (non-hydrogen) atoms. The summed E-state index contributed by atoms with van der Waals surface area (Å²) in [6, 6.07) is 10.7. The summed E-state index contributed by atoms with van der Waals surface area (Å²) in [4.78, 5) is 39.1. The maximum Gasteiger partial charge on any atom is 0.408 e. The Labute approximate surface area is 280 Å². The van der Waals surface area contributed by atoms with Gasteiger partial charge in [-0.3, -0.25) is 23.4 Å². The van der Waals surface area contributed by atoms with E-state index in [0.717, 1.165) is 30.4 Å². The highest BCUT2D eigenvalue weighted by atomic mass is 31.2. The van der Waals surface area contributed by atoms with Gasteiger partial charge in [-0.25, -0.2) is 9.24 Å². The van der Waals surface area contributed by atoms with Crippen molar-refractivity contribution >= 4 is 31.0 Å². The third-order valence-electron chi connectivity index (χ3n) is 9.82. The number of benzene rings is 2. The first kappa shape index (κ1) is 35.9. The molecule has 3 aliphatic rings. The van der Waals surface area contributed by atoms with Gasteiger partial charge in [0, 0.05) is 24.6 Å². The predicted octanol–water partition coefficient (Wildman–Crippen LogP) is 4.43. The fourth-order valence-corrected chi connectivity index (χ4v) is 9.38. The summed E-state index contributed by atoms with van der Waals surface area (Å²) < 4.78 is 26.9. The fraction of sp³-hybridized carbons (Fsp3) is 0.514. The lowest BCUT2D eigenvalue weighted by Crippen LogP contribution is -2.66. The normalized spacial score (nSPS) is 25.5. The van der Waals surface area contributed by atoms with E-state index in [0.29, 0.717) is 17.7 Å². The van der Waals surface area contributed by atoms with Crippen LogP contribution in [0.3, 0.4) is 0 Å². The summed E-state index contributed by atoms with van der Waals surface area (Å²) in [5.41, 5.74) is 5.37. The average Bonchev–Trinajstić information content (AvgIpc) is 3.02. The van der Waals surface area contributed by atoms with Gasteiger partial charge in [-0.2, -0.15) is 0 Å². The van der Waals surface area contributed by atoms with Crippen molar-refractivity contribution in [3.63, 3.8) is 0 Å². The van der Waals surface area contributed by atoms with E-state index < -0.39 is 60.4 Å². The first-order valence-electron chi connectivity index (χ1n) is 16.6. The zero-order chi connectivity index (χ0) is 35.0.